The number of benzene rings is 2. The van der Waals surface area contributed by atoms with E-state index in [1.807, 2.05) is 6.07 Å². The first-order valence-corrected chi connectivity index (χ1v) is 9.87. The number of likely N-dealkylation sites (N-methyl/N-ethyl adjacent to an activating group) is 1. The van der Waals surface area contributed by atoms with Gasteiger partial charge in [-0.25, -0.2) is 0 Å². The van der Waals surface area contributed by atoms with Crippen LogP contribution in [0.4, 0.5) is 5.69 Å². The molecule has 0 spiro atoms. The first-order chi connectivity index (χ1) is 13.2. The molecule has 3 aromatic rings. The number of ketones is 2. The summed E-state index contributed by atoms with van der Waals surface area (Å²) in [6.07, 6.45) is 0. The van der Waals surface area contributed by atoms with Gasteiger partial charge in [0.1, 0.15) is 11.0 Å². The van der Waals surface area contributed by atoms with E-state index in [2.05, 4.69) is 25.5 Å². The second-order valence-electron chi connectivity index (χ2n) is 6.90. The van der Waals surface area contributed by atoms with Crippen molar-refractivity contribution in [2.24, 2.45) is 0 Å². The molecule has 0 atom stereocenters. The van der Waals surface area contributed by atoms with Gasteiger partial charge in [-0.15, -0.1) is 0 Å². The molecule has 1 aliphatic heterocycles. The summed E-state index contributed by atoms with van der Waals surface area (Å²) in [5, 5.41) is 0. The highest BCUT2D eigenvalue weighted by molar-refractivity contribution is 7.00. The standard InChI is InChI=1S/C20H18N4O2S/c1-2-23-7-9-24(10-8-23)15-11-14-16(18-17(15)21-27-22-18)20(26)13-6-4-3-5-12(13)19(14)25/h3-6,11H,2,7-10H2,1H3. The first kappa shape index (κ1) is 16.5. The zero-order chi connectivity index (χ0) is 18.5. The van der Waals surface area contributed by atoms with Crippen molar-refractivity contribution in [3.63, 3.8) is 0 Å². The van der Waals surface area contributed by atoms with Gasteiger partial charge in [-0.05, 0) is 12.6 Å². The third kappa shape index (κ3) is 2.42. The van der Waals surface area contributed by atoms with Crippen molar-refractivity contribution < 1.29 is 9.59 Å². The average Bonchev–Trinajstić information content (AvgIpc) is 3.21. The van der Waals surface area contributed by atoms with Crippen molar-refractivity contribution in [1.29, 1.82) is 0 Å². The molecule has 2 aliphatic rings. The van der Waals surface area contributed by atoms with Crippen molar-refractivity contribution in [2.75, 3.05) is 37.6 Å². The molecule has 1 aromatic heterocycles. The molecule has 0 amide bonds. The molecule has 7 heteroatoms. The number of hydrogen-bond acceptors (Lipinski definition) is 7. The van der Waals surface area contributed by atoms with E-state index in [1.54, 1.807) is 24.3 Å². The van der Waals surface area contributed by atoms with Crippen LogP contribution in [0.1, 0.15) is 38.8 Å². The largest absolute Gasteiger partial charge is 0.367 e. The molecular formula is C20H18N4O2S. The van der Waals surface area contributed by atoms with Gasteiger partial charge in [0.05, 0.1) is 23.0 Å². The van der Waals surface area contributed by atoms with Crippen molar-refractivity contribution in [1.82, 2.24) is 13.6 Å². The summed E-state index contributed by atoms with van der Waals surface area (Å²) in [6, 6.07) is 8.87. The van der Waals surface area contributed by atoms with E-state index < -0.39 is 0 Å². The minimum atomic E-state index is -0.139. The molecule has 0 bridgehead atoms. The Balaban J connectivity index is 1.68. The number of hydrogen-bond donors (Lipinski definition) is 0. The Morgan fingerprint density at radius 2 is 1.59 bits per heavy atom. The first-order valence-electron chi connectivity index (χ1n) is 9.14. The Morgan fingerprint density at radius 3 is 2.30 bits per heavy atom. The molecule has 6 nitrogen and oxygen atoms in total. The van der Waals surface area contributed by atoms with Crippen LogP contribution in [-0.4, -0.2) is 57.9 Å². The quantitative estimate of drug-likeness (QED) is 0.534. The minimum Gasteiger partial charge on any atom is -0.367 e. The molecule has 0 radical (unpaired) electrons. The molecule has 0 N–H and O–H groups in total. The van der Waals surface area contributed by atoms with Gasteiger partial charge < -0.3 is 9.80 Å². The summed E-state index contributed by atoms with van der Waals surface area (Å²) in [5.74, 6) is -0.246. The van der Waals surface area contributed by atoms with Crippen LogP contribution in [0.3, 0.4) is 0 Å². The minimum absolute atomic E-state index is 0.108. The highest BCUT2D eigenvalue weighted by atomic mass is 32.1. The Morgan fingerprint density at radius 1 is 0.926 bits per heavy atom. The molecule has 136 valence electrons. The van der Waals surface area contributed by atoms with Crippen LogP contribution >= 0.6 is 11.7 Å². The van der Waals surface area contributed by atoms with E-state index in [0.717, 1.165) is 55.7 Å². The van der Waals surface area contributed by atoms with Crippen LogP contribution in [-0.2, 0) is 0 Å². The summed E-state index contributed by atoms with van der Waals surface area (Å²) in [7, 11) is 0. The fourth-order valence-electron chi connectivity index (χ4n) is 4.04. The summed E-state index contributed by atoms with van der Waals surface area (Å²) in [5.41, 5.74) is 3.97. The van der Waals surface area contributed by atoms with Gasteiger partial charge in [-0.2, -0.15) is 8.75 Å². The Labute approximate surface area is 160 Å². The monoisotopic (exact) mass is 378 g/mol. The van der Waals surface area contributed by atoms with Gasteiger partial charge in [-0.1, -0.05) is 31.2 Å². The molecule has 0 saturated carbocycles. The predicted octanol–water partition coefficient (Wildman–Crippen LogP) is 2.61. The zero-order valence-corrected chi connectivity index (χ0v) is 15.8. The molecule has 1 saturated heterocycles. The topological polar surface area (TPSA) is 66.4 Å². The smallest absolute Gasteiger partial charge is 0.196 e. The van der Waals surface area contributed by atoms with Gasteiger partial charge in [0.25, 0.3) is 0 Å². The van der Waals surface area contributed by atoms with Crippen LogP contribution in [0.25, 0.3) is 11.0 Å². The number of nitrogens with zero attached hydrogens (tertiary/aromatic N) is 4. The molecule has 27 heavy (non-hydrogen) atoms. The Bertz CT molecular complexity index is 1080. The Kier molecular flexibility index (Phi) is 3.80. The van der Waals surface area contributed by atoms with E-state index in [1.165, 1.54) is 0 Å². The normalized spacial score (nSPS) is 17.3. The molecule has 0 unspecified atom stereocenters. The van der Waals surface area contributed by atoms with E-state index in [-0.39, 0.29) is 11.6 Å². The highest BCUT2D eigenvalue weighted by Crippen LogP contribution is 2.37. The maximum Gasteiger partial charge on any atom is 0.196 e. The number of fused-ring (bicyclic) bond motifs is 4. The fourth-order valence-corrected chi connectivity index (χ4v) is 4.60. The summed E-state index contributed by atoms with van der Waals surface area (Å²) in [6.45, 7) is 6.90. The lowest BCUT2D eigenvalue weighted by atomic mass is 9.83. The lowest BCUT2D eigenvalue weighted by molar-refractivity contribution is 0.0980. The van der Waals surface area contributed by atoms with Crippen LogP contribution < -0.4 is 4.90 Å². The van der Waals surface area contributed by atoms with Gasteiger partial charge in [0.15, 0.2) is 11.6 Å². The van der Waals surface area contributed by atoms with E-state index in [9.17, 15) is 9.59 Å². The third-order valence-electron chi connectivity index (χ3n) is 5.57. The van der Waals surface area contributed by atoms with Gasteiger partial charge in [0, 0.05) is 42.9 Å². The van der Waals surface area contributed by atoms with Gasteiger partial charge in [-0.3, -0.25) is 9.59 Å². The summed E-state index contributed by atoms with van der Waals surface area (Å²) >= 11 is 1.09. The molecular weight excluding hydrogens is 360 g/mol. The van der Waals surface area contributed by atoms with Crippen LogP contribution in [0.5, 0.6) is 0 Å². The second-order valence-corrected chi connectivity index (χ2v) is 7.43. The SMILES string of the molecule is CCN1CCN(c2cc3c(c4nsnc24)C(=O)c2ccccc2C3=O)CC1. The van der Waals surface area contributed by atoms with Crippen LogP contribution in [0.15, 0.2) is 30.3 Å². The molecule has 2 heterocycles. The van der Waals surface area contributed by atoms with Crippen molar-refractivity contribution in [3.05, 3.63) is 52.6 Å². The number of carbonyl (C=O) groups excluding carboxylic acids is 2. The number of anilines is 1. The third-order valence-corrected chi connectivity index (χ3v) is 6.09. The maximum absolute atomic E-state index is 13.1. The van der Waals surface area contributed by atoms with Crippen molar-refractivity contribution in [3.8, 4) is 0 Å². The fraction of sp³-hybridized carbons (Fsp3) is 0.300. The maximum atomic E-state index is 13.1. The zero-order valence-electron chi connectivity index (χ0n) is 14.9. The number of piperazine rings is 1. The number of rotatable bonds is 2. The number of aromatic nitrogens is 2. The van der Waals surface area contributed by atoms with E-state index >= 15 is 0 Å². The van der Waals surface area contributed by atoms with Gasteiger partial charge >= 0.3 is 0 Å². The Hall–Kier alpha value is -2.64. The molecule has 1 aliphatic carbocycles. The van der Waals surface area contributed by atoms with Crippen molar-refractivity contribution in [2.45, 2.75) is 6.92 Å². The summed E-state index contributed by atoms with van der Waals surface area (Å²) in [4.78, 5) is 30.9. The lowest BCUT2D eigenvalue weighted by Crippen LogP contribution is -2.46. The summed E-state index contributed by atoms with van der Waals surface area (Å²) < 4.78 is 8.87. The lowest BCUT2D eigenvalue weighted by Gasteiger charge is -2.36. The van der Waals surface area contributed by atoms with E-state index in [0.29, 0.717) is 27.8 Å². The molecule has 5 rings (SSSR count). The van der Waals surface area contributed by atoms with E-state index in [4.69, 9.17) is 0 Å². The van der Waals surface area contributed by atoms with Crippen LogP contribution in [0, 0.1) is 0 Å². The highest BCUT2D eigenvalue weighted by Gasteiger charge is 2.34. The predicted molar refractivity (Wildman–Crippen MR) is 105 cm³/mol. The second kappa shape index (κ2) is 6.21. The van der Waals surface area contributed by atoms with Crippen LogP contribution in [0.2, 0.25) is 0 Å². The molecule has 2 aromatic carbocycles. The average molecular weight is 378 g/mol. The van der Waals surface area contributed by atoms with Crippen molar-refractivity contribution >= 4 is 40.0 Å². The van der Waals surface area contributed by atoms with Gasteiger partial charge in [0.2, 0.25) is 0 Å². The molecule has 1 fully saturated rings. The number of carbonyl (C=O) groups is 2.